The first-order chi connectivity index (χ1) is 13.3. The highest BCUT2D eigenvalue weighted by molar-refractivity contribution is 8.00. The number of amides is 1. The number of hydrogen-bond donors (Lipinski definition) is 0. The van der Waals surface area contributed by atoms with Crippen LogP contribution < -0.4 is 0 Å². The standard InChI is InChI=1S/C21H23Cl2NO3S/c1-14(2)20(26)21(28-18-10-16(22)9-17(23)11-18)24(3)19(25)13-27-12-15-7-5-4-6-8-15/h4-11,14,21H,12-13H2,1-3H3. The number of rotatable bonds is 9. The maximum absolute atomic E-state index is 12.7. The predicted octanol–water partition coefficient (Wildman–Crippen LogP) is 5.31. The van der Waals surface area contributed by atoms with E-state index in [1.54, 1.807) is 25.2 Å². The first-order valence-corrected chi connectivity index (χ1v) is 10.4. The summed E-state index contributed by atoms with van der Waals surface area (Å²) in [5.74, 6) is -0.553. The molecule has 2 aromatic rings. The van der Waals surface area contributed by atoms with E-state index in [9.17, 15) is 9.59 Å². The second-order valence-electron chi connectivity index (χ2n) is 6.62. The van der Waals surface area contributed by atoms with Crippen LogP contribution in [-0.4, -0.2) is 35.6 Å². The van der Waals surface area contributed by atoms with E-state index in [-0.39, 0.29) is 24.2 Å². The number of likely N-dealkylation sites (N-methyl/N-ethyl adjacent to an activating group) is 1. The van der Waals surface area contributed by atoms with Gasteiger partial charge in [0.25, 0.3) is 0 Å². The van der Waals surface area contributed by atoms with Gasteiger partial charge in [-0.15, -0.1) is 0 Å². The molecule has 0 fully saturated rings. The molecule has 2 aromatic carbocycles. The molecule has 1 unspecified atom stereocenters. The summed E-state index contributed by atoms with van der Waals surface area (Å²) in [5, 5.41) is 0.263. The van der Waals surface area contributed by atoms with Gasteiger partial charge in [-0.05, 0) is 23.8 Å². The van der Waals surface area contributed by atoms with Crippen molar-refractivity contribution in [2.75, 3.05) is 13.7 Å². The van der Waals surface area contributed by atoms with Gasteiger partial charge in [0.15, 0.2) is 5.78 Å². The predicted molar refractivity (Wildman–Crippen MR) is 115 cm³/mol. The Hall–Kier alpha value is -1.53. The van der Waals surface area contributed by atoms with E-state index in [1.807, 2.05) is 44.2 Å². The molecule has 150 valence electrons. The number of nitrogens with zero attached hydrogens (tertiary/aromatic N) is 1. The molecule has 0 radical (unpaired) electrons. The smallest absolute Gasteiger partial charge is 0.249 e. The summed E-state index contributed by atoms with van der Waals surface area (Å²) in [4.78, 5) is 27.5. The van der Waals surface area contributed by atoms with Crippen LogP contribution in [0.2, 0.25) is 10.0 Å². The van der Waals surface area contributed by atoms with Crippen LogP contribution >= 0.6 is 35.0 Å². The van der Waals surface area contributed by atoms with Crippen LogP contribution in [0.5, 0.6) is 0 Å². The maximum Gasteiger partial charge on any atom is 0.249 e. The number of hydrogen-bond acceptors (Lipinski definition) is 4. The minimum Gasteiger partial charge on any atom is -0.367 e. The summed E-state index contributed by atoms with van der Waals surface area (Å²) in [5.41, 5.74) is 0.982. The summed E-state index contributed by atoms with van der Waals surface area (Å²) in [7, 11) is 1.61. The average Bonchev–Trinajstić information content (AvgIpc) is 2.65. The van der Waals surface area contributed by atoms with Crippen molar-refractivity contribution in [3.05, 3.63) is 64.1 Å². The van der Waals surface area contributed by atoms with Crippen LogP contribution in [0.4, 0.5) is 0 Å². The Balaban J connectivity index is 2.06. The van der Waals surface area contributed by atoms with Gasteiger partial charge in [-0.2, -0.15) is 0 Å². The van der Waals surface area contributed by atoms with E-state index >= 15 is 0 Å². The van der Waals surface area contributed by atoms with Gasteiger partial charge in [-0.25, -0.2) is 0 Å². The van der Waals surface area contributed by atoms with Crippen molar-refractivity contribution in [3.63, 3.8) is 0 Å². The van der Waals surface area contributed by atoms with Gasteiger partial charge in [-0.3, -0.25) is 9.59 Å². The molecule has 2 rings (SSSR count). The normalized spacial score (nSPS) is 12.1. The van der Waals surface area contributed by atoms with E-state index in [0.29, 0.717) is 16.7 Å². The molecule has 0 saturated carbocycles. The number of carbonyl (C=O) groups excluding carboxylic acids is 2. The Morgan fingerprint density at radius 2 is 1.68 bits per heavy atom. The molecule has 0 spiro atoms. The van der Waals surface area contributed by atoms with E-state index in [2.05, 4.69) is 0 Å². The molecule has 0 aromatic heterocycles. The van der Waals surface area contributed by atoms with Crippen molar-refractivity contribution in [1.82, 2.24) is 4.90 Å². The zero-order chi connectivity index (χ0) is 20.7. The van der Waals surface area contributed by atoms with Crippen LogP contribution in [0.25, 0.3) is 0 Å². The third-order valence-corrected chi connectivity index (χ3v) is 5.69. The maximum atomic E-state index is 12.7. The lowest BCUT2D eigenvalue weighted by Gasteiger charge is -2.28. The fourth-order valence-corrected chi connectivity index (χ4v) is 4.37. The molecule has 1 atom stereocenters. The molecule has 0 aliphatic rings. The zero-order valence-corrected chi connectivity index (χ0v) is 18.4. The van der Waals surface area contributed by atoms with Gasteiger partial charge < -0.3 is 9.64 Å². The van der Waals surface area contributed by atoms with E-state index in [1.165, 1.54) is 16.7 Å². The molecule has 7 heteroatoms. The van der Waals surface area contributed by atoms with Crippen molar-refractivity contribution >= 4 is 46.7 Å². The molecule has 4 nitrogen and oxygen atoms in total. The molecular weight excluding hydrogens is 417 g/mol. The molecule has 0 N–H and O–H groups in total. The number of Topliss-reactive ketones (excluding diaryl/α,β-unsaturated/α-hetero) is 1. The van der Waals surface area contributed by atoms with Crippen molar-refractivity contribution in [3.8, 4) is 0 Å². The molecule has 0 bridgehead atoms. The monoisotopic (exact) mass is 439 g/mol. The van der Waals surface area contributed by atoms with Gasteiger partial charge in [0.1, 0.15) is 12.0 Å². The van der Waals surface area contributed by atoms with Crippen LogP contribution in [0, 0.1) is 5.92 Å². The van der Waals surface area contributed by atoms with E-state index < -0.39 is 5.37 Å². The lowest BCUT2D eigenvalue weighted by atomic mass is 10.1. The summed E-state index contributed by atoms with van der Waals surface area (Å²) < 4.78 is 5.53. The van der Waals surface area contributed by atoms with Gasteiger partial charge >= 0.3 is 0 Å². The number of ether oxygens (including phenoxy) is 1. The van der Waals surface area contributed by atoms with Gasteiger partial charge in [-0.1, -0.05) is 79.1 Å². The molecule has 28 heavy (non-hydrogen) atoms. The summed E-state index contributed by atoms with van der Waals surface area (Å²) in [6.45, 7) is 3.85. The fraction of sp³-hybridized carbons (Fsp3) is 0.333. The molecule has 1 amide bonds. The van der Waals surface area contributed by atoms with Crippen LogP contribution in [0.15, 0.2) is 53.4 Å². The Bertz CT molecular complexity index is 794. The topological polar surface area (TPSA) is 46.6 Å². The van der Waals surface area contributed by atoms with E-state index in [4.69, 9.17) is 27.9 Å². The lowest BCUT2D eigenvalue weighted by molar-refractivity contribution is -0.140. The van der Waals surface area contributed by atoms with Crippen LogP contribution in [0.1, 0.15) is 19.4 Å². The quantitative estimate of drug-likeness (QED) is 0.392. The summed E-state index contributed by atoms with van der Waals surface area (Å²) in [6, 6.07) is 14.7. The number of benzene rings is 2. The third-order valence-electron chi connectivity index (χ3n) is 3.98. The Kier molecular flexibility index (Phi) is 8.83. The minimum absolute atomic E-state index is 0.0555. The summed E-state index contributed by atoms with van der Waals surface area (Å²) >= 11 is 13.4. The highest BCUT2D eigenvalue weighted by Crippen LogP contribution is 2.32. The molecular formula is C21H23Cl2NO3S. The largest absolute Gasteiger partial charge is 0.367 e. The number of thioether (sulfide) groups is 1. The van der Waals surface area contributed by atoms with E-state index in [0.717, 1.165) is 10.5 Å². The SMILES string of the molecule is CC(C)C(=O)C(Sc1cc(Cl)cc(Cl)c1)N(C)C(=O)COCc1ccccc1. The third kappa shape index (κ3) is 6.82. The van der Waals surface area contributed by atoms with Crippen molar-refractivity contribution < 1.29 is 14.3 Å². The summed E-state index contributed by atoms with van der Waals surface area (Å²) in [6.07, 6.45) is 0. The van der Waals surface area contributed by atoms with Crippen molar-refractivity contribution in [2.24, 2.45) is 5.92 Å². The first kappa shape index (κ1) is 22.8. The number of halogens is 2. The first-order valence-electron chi connectivity index (χ1n) is 8.81. The van der Waals surface area contributed by atoms with Crippen molar-refractivity contribution in [1.29, 1.82) is 0 Å². The van der Waals surface area contributed by atoms with Gasteiger partial charge in [0.05, 0.1) is 6.61 Å². The fourth-order valence-electron chi connectivity index (χ4n) is 2.40. The molecule has 0 heterocycles. The van der Waals surface area contributed by atoms with Crippen LogP contribution in [-0.2, 0) is 20.9 Å². The molecule has 0 aliphatic carbocycles. The van der Waals surface area contributed by atoms with Crippen molar-refractivity contribution in [2.45, 2.75) is 30.7 Å². The Labute approximate surface area is 180 Å². The Morgan fingerprint density at radius 1 is 1.07 bits per heavy atom. The highest BCUT2D eigenvalue weighted by atomic mass is 35.5. The minimum atomic E-state index is -0.692. The van der Waals surface area contributed by atoms with Gasteiger partial charge in [0.2, 0.25) is 5.91 Å². The Morgan fingerprint density at radius 3 is 2.25 bits per heavy atom. The van der Waals surface area contributed by atoms with Gasteiger partial charge in [0, 0.05) is 27.9 Å². The van der Waals surface area contributed by atoms with Crippen LogP contribution in [0.3, 0.4) is 0 Å². The average molecular weight is 440 g/mol. The number of carbonyl (C=O) groups is 2. The number of ketones is 1. The molecule has 0 saturated heterocycles. The second-order valence-corrected chi connectivity index (χ2v) is 8.64. The zero-order valence-electron chi connectivity index (χ0n) is 16.0. The lowest BCUT2D eigenvalue weighted by Crippen LogP contribution is -2.43. The second kappa shape index (κ2) is 10.9. The highest BCUT2D eigenvalue weighted by Gasteiger charge is 2.29. The molecule has 0 aliphatic heterocycles.